The molecule has 72 valence electrons. The van der Waals surface area contributed by atoms with E-state index in [0.29, 0.717) is 11.6 Å². The summed E-state index contributed by atoms with van der Waals surface area (Å²) < 4.78 is 0.834. The van der Waals surface area contributed by atoms with Crippen LogP contribution in [-0.4, -0.2) is 16.7 Å². The largest absolute Gasteiger partial charge is 0.396 e. The summed E-state index contributed by atoms with van der Waals surface area (Å²) in [5.74, 6) is 0. The number of hydrogen-bond donors (Lipinski definition) is 2. The number of nitrogens with zero attached hydrogens (tertiary/aromatic N) is 1. The third-order valence-corrected chi connectivity index (χ3v) is 2.42. The lowest BCUT2D eigenvalue weighted by atomic mass is 10.1. The van der Waals surface area contributed by atoms with Gasteiger partial charge in [0.1, 0.15) is 5.15 Å². The molecule has 1 heterocycles. The predicted molar refractivity (Wildman–Crippen MR) is 55.6 cm³/mol. The number of aliphatic hydroxyl groups is 1. The van der Waals surface area contributed by atoms with Gasteiger partial charge in [0.2, 0.25) is 0 Å². The van der Waals surface area contributed by atoms with E-state index in [-0.39, 0.29) is 12.6 Å². The summed E-state index contributed by atoms with van der Waals surface area (Å²) in [5.41, 5.74) is 6.52. The molecule has 3 nitrogen and oxygen atoms in total. The monoisotopic (exact) mass is 264 g/mol. The first-order chi connectivity index (χ1) is 6.15. The van der Waals surface area contributed by atoms with E-state index in [1.807, 2.05) is 6.07 Å². The van der Waals surface area contributed by atoms with Crippen molar-refractivity contribution in [2.75, 3.05) is 6.61 Å². The Morgan fingerprint density at radius 2 is 2.38 bits per heavy atom. The lowest BCUT2D eigenvalue weighted by Gasteiger charge is -2.11. The molecule has 0 spiro atoms. The van der Waals surface area contributed by atoms with Crippen LogP contribution in [0.4, 0.5) is 0 Å². The van der Waals surface area contributed by atoms with E-state index in [1.54, 1.807) is 6.20 Å². The van der Waals surface area contributed by atoms with Gasteiger partial charge in [-0.2, -0.15) is 0 Å². The Labute approximate surface area is 90.1 Å². The van der Waals surface area contributed by atoms with Crippen LogP contribution in [0.25, 0.3) is 0 Å². The van der Waals surface area contributed by atoms with Gasteiger partial charge in [-0.15, -0.1) is 0 Å². The first-order valence-corrected chi connectivity index (χ1v) is 4.99. The number of pyridine rings is 1. The standard InChI is InChI=1S/C8H10BrClN2O/c9-5-3-6(7(11)1-2-13)8(10)12-4-5/h3-4,7,13H,1-2,11H2/t7-/m1/s1. The Balaban J connectivity index is 2.91. The van der Waals surface area contributed by atoms with Crippen molar-refractivity contribution >= 4 is 27.5 Å². The first-order valence-electron chi connectivity index (χ1n) is 3.82. The summed E-state index contributed by atoms with van der Waals surface area (Å²) in [6, 6.07) is 1.55. The maximum Gasteiger partial charge on any atom is 0.133 e. The molecule has 3 N–H and O–H groups in total. The molecular weight excluding hydrogens is 255 g/mol. The van der Waals surface area contributed by atoms with Crippen molar-refractivity contribution in [1.29, 1.82) is 0 Å². The van der Waals surface area contributed by atoms with Crippen LogP contribution in [0.5, 0.6) is 0 Å². The number of aromatic nitrogens is 1. The summed E-state index contributed by atoms with van der Waals surface area (Å²) in [7, 11) is 0. The molecule has 0 fully saturated rings. The average Bonchev–Trinajstić information content (AvgIpc) is 2.09. The fraction of sp³-hybridized carbons (Fsp3) is 0.375. The van der Waals surface area contributed by atoms with Gasteiger partial charge in [0.15, 0.2) is 0 Å². The van der Waals surface area contributed by atoms with Gasteiger partial charge in [0, 0.05) is 28.9 Å². The van der Waals surface area contributed by atoms with Gasteiger partial charge in [-0.3, -0.25) is 0 Å². The Bertz CT molecular complexity index is 295. The van der Waals surface area contributed by atoms with Crippen molar-refractivity contribution in [3.8, 4) is 0 Å². The van der Waals surface area contributed by atoms with Crippen molar-refractivity contribution in [3.05, 3.63) is 27.5 Å². The zero-order valence-corrected chi connectivity index (χ0v) is 9.22. The molecule has 0 aliphatic carbocycles. The van der Waals surface area contributed by atoms with E-state index in [2.05, 4.69) is 20.9 Å². The second-order valence-corrected chi connectivity index (χ2v) is 3.93. The molecule has 0 amide bonds. The summed E-state index contributed by atoms with van der Waals surface area (Å²) in [4.78, 5) is 3.94. The molecule has 1 aromatic rings. The minimum Gasteiger partial charge on any atom is -0.396 e. The number of halogens is 2. The van der Waals surface area contributed by atoms with E-state index < -0.39 is 0 Å². The van der Waals surface area contributed by atoms with Crippen LogP contribution in [0, 0.1) is 0 Å². The van der Waals surface area contributed by atoms with Crippen LogP contribution >= 0.6 is 27.5 Å². The van der Waals surface area contributed by atoms with Gasteiger partial charge in [-0.05, 0) is 28.4 Å². The molecule has 5 heteroatoms. The highest BCUT2D eigenvalue weighted by Crippen LogP contribution is 2.24. The van der Waals surface area contributed by atoms with E-state index in [0.717, 1.165) is 10.0 Å². The summed E-state index contributed by atoms with van der Waals surface area (Å²) in [6.45, 7) is 0.0456. The lowest BCUT2D eigenvalue weighted by Crippen LogP contribution is -2.12. The molecule has 0 radical (unpaired) electrons. The molecule has 1 atom stereocenters. The molecule has 0 aliphatic heterocycles. The highest BCUT2D eigenvalue weighted by Gasteiger charge is 2.10. The third-order valence-electron chi connectivity index (χ3n) is 1.67. The minimum absolute atomic E-state index is 0.0456. The Hall–Kier alpha value is -0.160. The number of nitrogens with two attached hydrogens (primary N) is 1. The number of rotatable bonds is 3. The average molecular weight is 266 g/mol. The summed E-state index contributed by atoms with van der Waals surface area (Å²) >= 11 is 9.11. The van der Waals surface area contributed by atoms with Gasteiger partial charge in [0.25, 0.3) is 0 Å². The summed E-state index contributed by atoms with van der Waals surface area (Å²) in [6.07, 6.45) is 2.09. The molecular formula is C8H10BrClN2O. The number of aliphatic hydroxyl groups excluding tert-OH is 1. The van der Waals surface area contributed by atoms with Crippen molar-refractivity contribution in [1.82, 2.24) is 4.98 Å². The van der Waals surface area contributed by atoms with Gasteiger partial charge >= 0.3 is 0 Å². The Morgan fingerprint density at radius 3 is 3.00 bits per heavy atom. The van der Waals surface area contributed by atoms with Gasteiger partial charge in [-0.1, -0.05) is 11.6 Å². The Kier molecular flexibility index (Phi) is 4.12. The molecule has 0 unspecified atom stereocenters. The molecule has 0 saturated carbocycles. The quantitative estimate of drug-likeness (QED) is 0.821. The fourth-order valence-corrected chi connectivity index (χ4v) is 1.59. The Morgan fingerprint density at radius 1 is 1.69 bits per heavy atom. The minimum atomic E-state index is -0.262. The van der Waals surface area contributed by atoms with Crippen LogP contribution in [0.1, 0.15) is 18.0 Å². The molecule has 0 bridgehead atoms. The molecule has 13 heavy (non-hydrogen) atoms. The highest BCUT2D eigenvalue weighted by atomic mass is 79.9. The lowest BCUT2D eigenvalue weighted by molar-refractivity contribution is 0.276. The van der Waals surface area contributed by atoms with Gasteiger partial charge < -0.3 is 10.8 Å². The fourth-order valence-electron chi connectivity index (χ4n) is 0.993. The number of hydrogen-bond acceptors (Lipinski definition) is 3. The van der Waals surface area contributed by atoms with Crippen LogP contribution in [0.15, 0.2) is 16.7 Å². The van der Waals surface area contributed by atoms with Gasteiger partial charge in [-0.25, -0.2) is 4.98 Å². The van der Waals surface area contributed by atoms with Crippen LogP contribution in [-0.2, 0) is 0 Å². The van der Waals surface area contributed by atoms with E-state index in [4.69, 9.17) is 22.4 Å². The molecule has 0 saturated heterocycles. The second kappa shape index (κ2) is 4.91. The first kappa shape index (κ1) is 10.9. The van der Waals surface area contributed by atoms with E-state index in [9.17, 15) is 0 Å². The van der Waals surface area contributed by atoms with Crippen molar-refractivity contribution in [3.63, 3.8) is 0 Å². The highest BCUT2D eigenvalue weighted by molar-refractivity contribution is 9.10. The third kappa shape index (κ3) is 2.91. The van der Waals surface area contributed by atoms with E-state index >= 15 is 0 Å². The van der Waals surface area contributed by atoms with Crippen molar-refractivity contribution in [2.24, 2.45) is 5.73 Å². The van der Waals surface area contributed by atoms with Crippen molar-refractivity contribution in [2.45, 2.75) is 12.5 Å². The maximum atomic E-state index is 8.70. The van der Waals surface area contributed by atoms with Crippen LogP contribution in [0.2, 0.25) is 5.15 Å². The molecule has 0 aromatic carbocycles. The van der Waals surface area contributed by atoms with Gasteiger partial charge in [0.05, 0.1) is 0 Å². The molecule has 0 aliphatic rings. The van der Waals surface area contributed by atoms with Crippen molar-refractivity contribution < 1.29 is 5.11 Å². The predicted octanol–water partition coefficient (Wildman–Crippen LogP) is 1.88. The SMILES string of the molecule is N[C@H](CCO)c1cc(Br)cnc1Cl. The second-order valence-electron chi connectivity index (χ2n) is 2.65. The normalized spacial score (nSPS) is 12.9. The van der Waals surface area contributed by atoms with E-state index in [1.165, 1.54) is 0 Å². The maximum absolute atomic E-state index is 8.70. The summed E-state index contributed by atoms with van der Waals surface area (Å²) in [5, 5.41) is 9.10. The topological polar surface area (TPSA) is 59.1 Å². The molecule has 1 rings (SSSR count). The molecule has 1 aromatic heterocycles. The van der Waals surface area contributed by atoms with Crippen LogP contribution < -0.4 is 5.73 Å². The zero-order chi connectivity index (χ0) is 9.84. The smallest absolute Gasteiger partial charge is 0.133 e. The zero-order valence-electron chi connectivity index (χ0n) is 6.87. The van der Waals surface area contributed by atoms with Crippen LogP contribution in [0.3, 0.4) is 0 Å².